The molecule has 0 spiro atoms. The lowest BCUT2D eigenvalue weighted by molar-refractivity contribution is 0.231. The van der Waals surface area contributed by atoms with Crippen LogP contribution < -0.4 is 0 Å². The van der Waals surface area contributed by atoms with Gasteiger partial charge in [0.25, 0.3) is 0 Å². The molecule has 0 saturated carbocycles. The Balaban J connectivity index is 1.65. The van der Waals surface area contributed by atoms with Gasteiger partial charge in [-0.25, -0.2) is 0 Å². The molecule has 3 aromatic rings. The number of allylic oxidation sites excluding steroid dienone is 2. The molecular weight excluding hydrogens is 516 g/mol. The molecule has 3 N–H and O–H groups in total. The van der Waals surface area contributed by atoms with E-state index in [2.05, 4.69) is 61.9 Å². The van der Waals surface area contributed by atoms with Crippen LogP contribution in [-0.4, -0.2) is 48.1 Å². The number of aliphatic hydroxyl groups is 2. The van der Waals surface area contributed by atoms with E-state index in [0.29, 0.717) is 33.9 Å². The van der Waals surface area contributed by atoms with Crippen LogP contribution in [0.5, 0.6) is 5.75 Å². The molecule has 0 bridgehead atoms. The smallest absolute Gasteiger partial charge is 0.127 e. The van der Waals surface area contributed by atoms with E-state index in [0.717, 1.165) is 11.1 Å². The minimum absolute atomic E-state index is 0.130. The largest absolute Gasteiger partial charge is 0.507 e. The molecule has 0 aliphatic carbocycles. The first kappa shape index (κ1) is 28.4. The highest BCUT2D eigenvalue weighted by Crippen LogP contribution is 2.56. The molecule has 41 heavy (non-hydrogen) atoms. The summed E-state index contributed by atoms with van der Waals surface area (Å²) >= 11 is 0. The molecule has 4 heterocycles. The SMILES string of the molecule is CC(C)(C)C1(c2cccc(C3(C(C)(C)C)C=C(c4ccc(CO)nn4)C=N3)c2O)C=C(c2ccc(CO)nn2)C=N1. The van der Waals surface area contributed by atoms with E-state index in [1.165, 1.54) is 0 Å². The highest BCUT2D eigenvalue weighted by molar-refractivity contribution is 6.12. The fourth-order valence-electron chi connectivity index (χ4n) is 5.50. The van der Waals surface area contributed by atoms with Gasteiger partial charge in [0.1, 0.15) is 16.8 Å². The molecule has 0 fully saturated rings. The molecule has 2 unspecified atom stereocenters. The highest BCUT2D eigenvalue weighted by atomic mass is 16.3. The summed E-state index contributed by atoms with van der Waals surface area (Å²) in [5, 5.41) is 47.6. The van der Waals surface area contributed by atoms with Crippen LogP contribution in [0.3, 0.4) is 0 Å². The number of rotatable bonds is 6. The number of para-hydroxylation sites is 1. The third kappa shape index (κ3) is 4.69. The number of phenols is 1. The maximum Gasteiger partial charge on any atom is 0.127 e. The van der Waals surface area contributed by atoms with Crippen molar-refractivity contribution in [2.24, 2.45) is 20.8 Å². The van der Waals surface area contributed by atoms with Crippen LogP contribution >= 0.6 is 0 Å². The van der Waals surface area contributed by atoms with Crippen LogP contribution in [0.2, 0.25) is 0 Å². The highest BCUT2D eigenvalue weighted by Gasteiger charge is 2.50. The Morgan fingerprint density at radius 2 is 1.02 bits per heavy atom. The van der Waals surface area contributed by atoms with E-state index in [9.17, 15) is 15.3 Å². The third-order valence-electron chi connectivity index (χ3n) is 8.04. The first-order valence-corrected chi connectivity index (χ1v) is 13.6. The van der Waals surface area contributed by atoms with Gasteiger partial charge in [-0.1, -0.05) is 59.7 Å². The summed E-state index contributed by atoms with van der Waals surface area (Å²) in [6.45, 7) is 12.2. The number of aromatic nitrogens is 4. The van der Waals surface area contributed by atoms with Gasteiger partial charge in [0.05, 0.1) is 36.0 Å². The third-order valence-corrected chi connectivity index (χ3v) is 8.04. The van der Waals surface area contributed by atoms with Crippen LogP contribution in [0, 0.1) is 10.8 Å². The molecule has 1 aromatic carbocycles. The Bertz CT molecular complexity index is 1460. The average molecular weight is 553 g/mol. The van der Waals surface area contributed by atoms with Crippen LogP contribution in [-0.2, 0) is 24.3 Å². The predicted molar refractivity (Wildman–Crippen MR) is 159 cm³/mol. The normalized spacial score (nSPS) is 22.2. The number of aliphatic imine (C=N–C) groups is 2. The molecule has 5 rings (SSSR count). The molecule has 9 nitrogen and oxygen atoms in total. The number of nitrogens with zero attached hydrogens (tertiary/aromatic N) is 6. The minimum atomic E-state index is -0.890. The summed E-state index contributed by atoms with van der Waals surface area (Å²) in [5.41, 5.74) is 2.56. The quantitative estimate of drug-likeness (QED) is 0.400. The Labute approximate surface area is 240 Å². The molecule has 0 saturated heterocycles. The van der Waals surface area contributed by atoms with E-state index in [1.807, 2.05) is 42.5 Å². The Hall–Kier alpha value is -4.08. The molecule has 2 atom stereocenters. The van der Waals surface area contributed by atoms with E-state index in [-0.39, 0.29) is 19.0 Å². The van der Waals surface area contributed by atoms with Gasteiger partial charge in [-0.15, -0.1) is 0 Å². The van der Waals surface area contributed by atoms with Crippen molar-refractivity contribution in [2.45, 2.75) is 65.8 Å². The van der Waals surface area contributed by atoms with Crippen molar-refractivity contribution in [2.75, 3.05) is 0 Å². The molecule has 0 amide bonds. The second kappa shape index (κ2) is 10.1. The van der Waals surface area contributed by atoms with Gasteiger partial charge < -0.3 is 15.3 Å². The summed E-state index contributed by atoms with van der Waals surface area (Å²) < 4.78 is 0. The number of hydrogen-bond donors (Lipinski definition) is 3. The van der Waals surface area contributed by atoms with Gasteiger partial charge in [-0.2, -0.15) is 20.4 Å². The Kier molecular flexibility index (Phi) is 6.99. The second-order valence-electron chi connectivity index (χ2n) is 12.6. The molecule has 2 aliphatic heterocycles. The Morgan fingerprint density at radius 1 is 0.610 bits per heavy atom. The van der Waals surface area contributed by atoms with Gasteiger partial charge in [0.2, 0.25) is 0 Å². The van der Waals surface area contributed by atoms with Crippen LogP contribution in [0.15, 0.2) is 64.6 Å². The van der Waals surface area contributed by atoms with Crippen molar-refractivity contribution in [1.82, 2.24) is 20.4 Å². The van der Waals surface area contributed by atoms with Crippen LogP contribution in [0.4, 0.5) is 0 Å². The molecule has 212 valence electrons. The average Bonchev–Trinajstić information content (AvgIpc) is 3.60. The number of aliphatic hydroxyl groups excluding tert-OH is 2. The maximum absolute atomic E-state index is 12.1. The van der Waals surface area contributed by atoms with Crippen LogP contribution in [0.1, 0.15) is 75.4 Å². The first-order valence-electron chi connectivity index (χ1n) is 13.6. The summed E-state index contributed by atoms with van der Waals surface area (Å²) in [7, 11) is 0. The van der Waals surface area contributed by atoms with Gasteiger partial charge in [-0.3, -0.25) is 9.98 Å². The lowest BCUT2D eigenvalue weighted by Crippen LogP contribution is -2.38. The fraction of sp³-hybridized carbons (Fsp3) is 0.375. The van der Waals surface area contributed by atoms with E-state index in [4.69, 9.17) is 9.98 Å². The predicted octanol–water partition coefficient (Wildman–Crippen LogP) is 4.78. The zero-order valence-corrected chi connectivity index (χ0v) is 24.3. The summed E-state index contributed by atoms with van der Waals surface area (Å²) in [4.78, 5) is 10.0. The molecule has 2 aromatic heterocycles. The van der Waals surface area contributed by atoms with Gasteiger partial charge in [-0.05, 0) is 47.2 Å². The molecular formula is C32H36N6O3. The summed E-state index contributed by atoms with van der Waals surface area (Å²) in [6.07, 6.45) is 7.63. The number of phenolic OH excluding ortho intramolecular Hbond substituents is 1. The number of hydrogen-bond acceptors (Lipinski definition) is 9. The summed E-state index contributed by atoms with van der Waals surface area (Å²) in [6, 6.07) is 12.9. The zero-order chi connectivity index (χ0) is 29.6. The molecule has 2 aliphatic rings. The molecule has 0 radical (unpaired) electrons. The van der Waals surface area contributed by atoms with Gasteiger partial charge >= 0.3 is 0 Å². The van der Waals surface area contributed by atoms with Crippen LogP contribution in [0.25, 0.3) is 11.1 Å². The Morgan fingerprint density at radius 3 is 1.34 bits per heavy atom. The number of benzene rings is 1. The van der Waals surface area contributed by atoms with Gasteiger partial charge in [0, 0.05) is 34.7 Å². The minimum Gasteiger partial charge on any atom is -0.507 e. The summed E-state index contributed by atoms with van der Waals surface area (Å²) in [5.74, 6) is 0.130. The topological polar surface area (TPSA) is 137 Å². The van der Waals surface area contributed by atoms with E-state index >= 15 is 0 Å². The van der Waals surface area contributed by atoms with E-state index < -0.39 is 21.9 Å². The van der Waals surface area contributed by atoms with Crippen molar-refractivity contribution in [3.63, 3.8) is 0 Å². The van der Waals surface area contributed by atoms with E-state index in [1.54, 1.807) is 24.6 Å². The molecule has 9 heteroatoms. The lowest BCUT2D eigenvalue weighted by atomic mass is 9.66. The fourth-order valence-corrected chi connectivity index (χ4v) is 5.50. The van der Waals surface area contributed by atoms with Crippen molar-refractivity contribution < 1.29 is 15.3 Å². The van der Waals surface area contributed by atoms with Crippen molar-refractivity contribution in [1.29, 1.82) is 0 Å². The van der Waals surface area contributed by atoms with Crippen molar-refractivity contribution in [3.05, 3.63) is 88.5 Å². The first-order chi connectivity index (χ1) is 19.3. The monoisotopic (exact) mass is 552 g/mol. The van der Waals surface area contributed by atoms with Gasteiger partial charge in [0.15, 0.2) is 0 Å². The zero-order valence-electron chi connectivity index (χ0n) is 24.3. The van der Waals surface area contributed by atoms with Crippen molar-refractivity contribution >= 4 is 23.6 Å². The van der Waals surface area contributed by atoms with Crippen molar-refractivity contribution in [3.8, 4) is 5.75 Å². The maximum atomic E-state index is 12.1. The second-order valence-corrected chi connectivity index (χ2v) is 12.6. The standard InChI is InChI=1S/C32H36N6O3/c1-29(2,3)31(14-20(16-33-31)26-12-10-22(18-39)35-37-26)24-8-7-9-25(28(24)41)32(30(4,5)6)15-21(17-34-32)27-13-11-23(19-40)36-38-27/h7-17,39-41H,18-19H2,1-6H3. The number of aromatic hydroxyl groups is 1. The lowest BCUT2D eigenvalue weighted by Gasteiger charge is -2.42.